The zero-order valence-electron chi connectivity index (χ0n) is 18.5. The molecule has 6 nitrogen and oxygen atoms in total. The molecule has 4 aromatic rings. The number of para-hydroxylation sites is 1. The van der Waals surface area contributed by atoms with Crippen LogP contribution < -0.4 is 15.5 Å². The van der Waals surface area contributed by atoms with Gasteiger partial charge in [-0.2, -0.15) is 0 Å². The molecule has 33 heavy (non-hydrogen) atoms. The molecule has 4 rings (SSSR count). The number of nitrogens with zero attached hydrogens (tertiary/aromatic N) is 1. The number of benzene rings is 3. The summed E-state index contributed by atoms with van der Waals surface area (Å²) in [6.07, 6.45) is 1.47. The molecule has 0 bridgehead atoms. The molecule has 1 N–H and O–H groups in total. The average Bonchev–Trinajstić information content (AvgIpc) is 2.82. The first-order chi connectivity index (χ1) is 16.0. The number of nitrogens with one attached hydrogen (secondary N) is 1. The van der Waals surface area contributed by atoms with Crippen molar-refractivity contribution in [2.24, 2.45) is 0 Å². The SMILES string of the molecule is CCOc1ccc2c(c1)c(=O)c(C(=O)c1ccc(C)cc1)cn2CC(=O)Nc1ccccc1. The fourth-order valence-electron chi connectivity index (χ4n) is 3.66. The Bertz CT molecular complexity index is 1370. The van der Waals surface area contributed by atoms with Gasteiger partial charge in [-0.1, -0.05) is 48.0 Å². The number of rotatable bonds is 7. The summed E-state index contributed by atoms with van der Waals surface area (Å²) in [5.41, 5.74) is 2.26. The number of aromatic nitrogens is 1. The quantitative estimate of drug-likeness (QED) is 0.427. The number of ketones is 1. The maximum atomic E-state index is 13.3. The summed E-state index contributed by atoms with van der Waals surface area (Å²) in [6, 6.07) is 21.3. The summed E-state index contributed by atoms with van der Waals surface area (Å²) in [4.78, 5) is 39.3. The van der Waals surface area contributed by atoms with E-state index in [-0.39, 0.29) is 23.8 Å². The Labute approximate surface area is 191 Å². The molecule has 3 aromatic carbocycles. The molecule has 0 aliphatic heterocycles. The number of hydrogen-bond donors (Lipinski definition) is 1. The molecule has 0 unspecified atom stereocenters. The largest absolute Gasteiger partial charge is 0.494 e. The minimum atomic E-state index is -0.392. The molecule has 0 aliphatic carbocycles. The highest BCUT2D eigenvalue weighted by Gasteiger charge is 2.19. The van der Waals surface area contributed by atoms with E-state index >= 15 is 0 Å². The lowest BCUT2D eigenvalue weighted by atomic mass is 10.0. The molecule has 1 aromatic heterocycles. The van der Waals surface area contributed by atoms with Crippen molar-refractivity contribution in [3.05, 3.63) is 106 Å². The molecule has 0 radical (unpaired) electrons. The number of carbonyl (C=O) groups is 2. The third-order valence-corrected chi connectivity index (χ3v) is 5.29. The van der Waals surface area contributed by atoms with Gasteiger partial charge in [0, 0.05) is 17.4 Å². The number of ether oxygens (including phenoxy) is 1. The topological polar surface area (TPSA) is 77.4 Å². The smallest absolute Gasteiger partial charge is 0.244 e. The van der Waals surface area contributed by atoms with Gasteiger partial charge in [0.15, 0.2) is 5.78 Å². The molecular formula is C27H24N2O4. The maximum absolute atomic E-state index is 13.3. The number of pyridine rings is 1. The van der Waals surface area contributed by atoms with Gasteiger partial charge in [-0.05, 0) is 44.2 Å². The van der Waals surface area contributed by atoms with Crippen molar-refractivity contribution < 1.29 is 14.3 Å². The van der Waals surface area contributed by atoms with E-state index in [9.17, 15) is 14.4 Å². The number of anilines is 1. The summed E-state index contributed by atoms with van der Waals surface area (Å²) >= 11 is 0. The summed E-state index contributed by atoms with van der Waals surface area (Å²) in [6.45, 7) is 4.17. The predicted molar refractivity (Wildman–Crippen MR) is 129 cm³/mol. The second-order valence-electron chi connectivity index (χ2n) is 7.72. The molecule has 0 saturated heterocycles. The summed E-state index contributed by atoms with van der Waals surface area (Å²) < 4.78 is 7.19. The maximum Gasteiger partial charge on any atom is 0.244 e. The highest BCUT2D eigenvalue weighted by atomic mass is 16.5. The first-order valence-corrected chi connectivity index (χ1v) is 10.7. The van der Waals surface area contributed by atoms with Crippen LogP contribution in [0, 0.1) is 6.92 Å². The normalized spacial score (nSPS) is 10.7. The number of fused-ring (bicyclic) bond motifs is 1. The van der Waals surface area contributed by atoms with E-state index in [1.807, 2.05) is 44.2 Å². The van der Waals surface area contributed by atoms with Crippen molar-refractivity contribution in [3.63, 3.8) is 0 Å². The van der Waals surface area contributed by atoms with Gasteiger partial charge in [0.25, 0.3) is 0 Å². The first-order valence-electron chi connectivity index (χ1n) is 10.7. The summed E-state index contributed by atoms with van der Waals surface area (Å²) in [7, 11) is 0. The highest BCUT2D eigenvalue weighted by molar-refractivity contribution is 6.10. The molecule has 0 atom stereocenters. The van der Waals surface area contributed by atoms with E-state index in [1.165, 1.54) is 6.20 Å². The monoisotopic (exact) mass is 440 g/mol. The zero-order valence-corrected chi connectivity index (χ0v) is 18.5. The van der Waals surface area contributed by atoms with Gasteiger partial charge in [-0.25, -0.2) is 0 Å². The van der Waals surface area contributed by atoms with E-state index in [0.29, 0.717) is 34.5 Å². The van der Waals surface area contributed by atoms with Crippen molar-refractivity contribution in [2.45, 2.75) is 20.4 Å². The van der Waals surface area contributed by atoms with E-state index in [2.05, 4.69) is 5.32 Å². The average molecular weight is 440 g/mol. The highest BCUT2D eigenvalue weighted by Crippen LogP contribution is 2.21. The molecule has 1 amide bonds. The van der Waals surface area contributed by atoms with Gasteiger partial charge in [0.1, 0.15) is 12.3 Å². The summed E-state index contributed by atoms with van der Waals surface area (Å²) in [5.74, 6) is -0.128. The van der Waals surface area contributed by atoms with Crippen LogP contribution in [-0.4, -0.2) is 22.9 Å². The van der Waals surface area contributed by atoms with Crippen LogP contribution in [0.4, 0.5) is 5.69 Å². The van der Waals surface area contributed by atoms with Crippen LogP contribution >= 0.6 is 0 Å². The number of carbonyl (C=O) groups excluding carboxylic acids is 2. The van der Waals surface area contributed by atoms with Crippen LogP contribution in [0.15, 0.2) is 83.8 Å². The van der Waals surface area contributed by atoms with Crippen LogP contribution in [0.1, 0.15) is 28.4 Å². The molecule has 0 fully saturated rings. The van der Waals surface area contributed by atoms with E-state index in [1.54, 1.807) is 47.0 Å². The summed E-state index contributed by atoms with van der Waals surface area (Å²) in [5, 5.41) is 3.17. The van der Waals surface area contributed by atoms with Gasteiger partial charge >= 0.3 is 0 Å². The Hall–Kier alpha value is -4.19. The minimum Gasteiger partial charge on any atom is -0.494 e. The fraction of sp³-hybridized carbons (Fsp3) is 0.148. The van der Waals surface area contributed by atoms with Crippen molar-refractivity contribution in [2.75, 3.05) is 11.9 Å². The van der Waals surface area contributed by atoms with Crippen LogP contribution in [0.5, 0.6) is 5.75 Å². The van der Waals surface area contributed by atoms with Gasteiger partial charge in [-0.15, -0.1) is 0 Å². The Morgan fingerprint density at radius 2 is 1.70 bits per heavy atom. The van der Waals surface area contributed by atoms with E-state index in [0.717, 1.165) is 5.56 Å². The lowest BCUT2D eigenvalue weighted by molar-refractivity contribution is -0.116. The Kier molecular flexibility index (Phi) is 6.36. The molecule has 166 valence electrons. The van der Waals surface area contributed by atoms with Crippen molar-refractivity contribution in [1.82, 2.24) is 4.57 Å². The molecular weight excluding hydrogens is 416 g/mol. The standard InChI is InChI=1S/C27H24N2O4/c1-3-33-21-13-14-24-22(15-21)27(32)23(26(31)19-11-9-18(2)10-12-19)16-29(24)17-25(30)28-20-7-5-4-6-8-20/h4-16H,3,17H2,1-2H3,(H,28,30). The van der Waals surface area contributed by atoms with Crippen LogP contribution in [0.3, 0.4) is 0 Å². The number of aryl methyl sites for hydroxylation is 1. The molecule has 0 aliphatic rings. The van der Waals surface area contributed by atoms with Crippen LogP contribution in [0.2, 0.25) is 0 Å². The minimum absolute atomic E-state index is 0.00696. The molecule has 1 heterocycles. The lowest BCUT2D eigenvalue weighted by Crippen LogP contribution is -2.24. The lowest BCUT2D eigenvalue weighted by Gasteiger charge is -2.14. The van der Waals surface area contributed by atoms with Crippen LogP contribution in [0.25, 0.3) is 10.9 Å². The van der Waals surface area contributed by atoms with E-state index in [4.69, 9.17) is 4.74 Å². The molecule has 0 spiro atoms. The third kappa shape index (κ3) is 4.85. The van der Waals surface area contributed by atoms with Crippen molar-refractivity contribution in [3.8, 4) is 5.75 Å². The zero-order chi connectivity index (χ0) is 23.4. The van der Waals surface area contributed by atoms with Crippen molar-refractivity contribution in [1.29, 1.82) is 0 Å². The van der Waals surface area contributed by atoms with Gasteiger partial charge < -0.3 is 14.6 Å². The number of amides is 1. The predicted octanol–water partition coefficient (Wildman–Crippen LogP) is 4.58. The Morgan fingerprint density at radius 1 is 0.970 bits per heavy atom. The second kappa shape index (κ2) is 9.53. The first kappa shape index (κ1) is 22.0. The molecule has 0 saturated carbocycles. The second-order valence-corrected chi connectivity index (χ2v) is 7.72. The van der Waals surface area contributed by atoms with Gasteiger partial charge in [0.2, 0.25) is 11.3 Å². The van der Waals surface area contributed by atoms with Crippen molar-refractivity contribution >= 4 is 28.3 Å². The Morgan fingerprint density at radius 3 is 2.39 bits per heavy atom. The van der Waals surface area contributed by atoms with Gasteiger partial charge in [0.05, 0.1) is 23.1 Å². The van der Waals surface area contributed by atoms with E-state index < -0.39 is 5.43 Å². The Balaban J connectivity index is 1.79. The third-order valence-electron chi connectivity index (χ3n) is 5.29. The van der Waals surface area contributed by atoms with Gasteiger partial charge in [-0.3, -0.25) is 14.4 Å². The van der Waals surface area contributed by atoms with Crippen LogP contribution in [-0.2, 0) is 11.3 Å². The number of hydrogen-bond acceptors (Lipinski definition) is 4. The fourth-order valence-corrected chi connectivity index (χ4v) is 3.66. The molecule has 6 heteroatoms.